The van der Waals surface area contributed by atoms with Crippen LogP contribution in [0.2, 0.25) is 0 Å². The Balaban J connectivity index is 3.34. The van der Waals surface area contributed by atoms with Gasteiger partial charge in [0.15, 0.2) is 0 Å². The molecule has 88 valence electrons. The molecule has 2 nitrogen and oxygen atoms in total. The molecule has 1 amide bonds. The maximum absolute atomic E-state index is 12.7. The normalized spacial score (nSPS) is 11.4. The van der Waals surface area contributed by atoms with E-state index in [1.165, 1.54) is 20.2 Å². The minimum atomic E-state index is -4.54. The van der Waals surface area contributed by atoms with Crippen LogP contribution < -0.4 is 0 Å². The van der Waals surface area contributed by atoms with Crippen LogP contribution in [-0.4, -0.2) is 24.9 Å². The molecule has 1 rings (SSSR count). The summed E-state index contributed by atoms with van der Waals surface area (Å²) in [7, 11) is 2.81. The number of rotatable bonds is 1. The topological polar surface area (TPSA) is 20.3 Å². The number of carbonyl (C=O) groups excluding carboxylic acids is 1. The third-order valence-corrected chi connectivity index (χ3v) is 2.42. The van der Waals surface area contributed by atoms with Gasteiger partial charge in [0.05, 0.1) is 11.1 Å². The molecule has 0 radical (unpaired) electrons. The molecule has 0 bridgehead atoms. The van der Waals surface area contributed by atoms with Crippen molar-refractivity contribution in [1.82, 2.24) is 4.90 Å². The van der Waals surface area contributed by atoms with Crippen LogP contribution in [0.5, 0.6) is 0 Å². The van der Waals surface area contributed by atoms with Crippen LogP contribution in [0.15, 0.2) is 22.7 Å². The highest BCUT2D eigenvalue weighted by Crippen LogP contribution is 2.34. The summed E-state index contributed by atoms with van der Waals surface area (Å²) in [6.45, 7) is 0. The molecule has 0 N–H and O–H groups in total. The summed E-state index contributed by atoms with van der Waals surface area (Å²) in [5, 5.41) is 0. The summed E-state index contributed by atoms with van der Waals surface area (Å²) in [5.41, 5.74) is -1.28. The largest absolute Gasteiger partial charge is 0.417 e. The maximum atomic E-state index is 12.7. The number of amides is 1. The third kappa shape index (κ3) is 2.75. The molecule has 0 saturated carbocycles. The summed E-state index contributed by atoms with van der Waals surface area (Å²) in [6, 6.07) is 3.47. The van der Waals surface area contributed by atoms with Gasteiger partial charge < -0.3 is 4.90 Å². The molecule has 0 aliphatic carbocycles. The Hall–Kier alpha value is -1.04. The molecular formula is C10H9BrF3NO. The van der Waals surface area contributed by atoms with E-state index in [9.17, 15) is 18.0 Å². The number of hydrogen-bond donors (Lipinski definition) is 0. The lowest BCUT2D eigenvalue weighted by Gasteiger charge is -2.16. The van der Waals surface area contributed by atoms with Crippen LogP contribution in [0.3, 0.4) is 0 Å². The fourth-order valence-corrected chi connectivity index (χ4v) is 1.54. The third-order valence-electron chi connectivity index (χ3n) is 1.92. The van der Waals surface area contributed by atoms with Crippen molar-refractivity contribution in [1.29, 1.82) is 0 Å². The van der Waals surface area contributed by atoms with E-state index in [1.54, 1.807) is 0 Å². The zero-order chi connectivity index (χ0) is 12.5. The van der Waals surface area contributed by atoms with Crippen molar-refractivity contribution in [2.24, 2.45) is 0 Å². The number of halogens is 4. The van der Waals surface area contributed by atoms with Crippen molar-refractivity contribution in [3.63, 3.8) is 0 Å². The first-order chi connectivity index (χ1) is 7.23. The summed E-state index contributed by atoms with van der Waals surface area (Å²) in [4.78, 5) is 12.6. The van der Waals surface area contributed by atoms with Gasteiger partial charge in [0.2, 0.25) is 0 Å². The lowest BCUT2D eigenvalue weighted by atomic mass is 10.1. The lowest BCUT2D eigenvalue weighted by molar-refractivity contribution is -0.138. The molecular weight excluding hydrogens is 287 g/mol. The van der Waals surface area contributed by atoms with E-state index >= 15 is 0 Å². The van der Waals surface area contributed by atoms with Crippen molar-refractivity contribution in [3.8, 4) is 0 Å². The van der Waals surface area contributed by atoms with Crippen LogP contribution in [0, 0.1) is 0 Å². The molecule has 0 aliphatic heterocycles. The summed E-state index contributed by atoms with van der Waals surface area (Å²) >= 11 is 2.95. The molecule has 0 saturated heterocycles. The molecule has 0 fully saturated rings. The molecule has 1 aromatic rings. The minimum Gasteiger partial charge on any atom is -0.345 e. The second-order valence-corrected chi connectivity index (χ2v) is 4.30. The highest BCUT2D eigenvalue weighted by molar-refractivity contribution is 9.10. The van der Waals surface area contributed by atoms with Crippen LogP contribution in [-0.2, 0) is 6.18 Å². The number of hydrogen-bond acceptors (Lipinski definition) is 1. The van der Waals surface area contributed by atoms with Crippen molar-refractivity contribution in [2.45, 2.75) is 6.18 Å². The van der Waals surface area contributed by atoms with Crippen LogP contribution >= 0.6 is 15.9 Å². The maximum Gasteiger partial charge on any atom is 0.417 e. The van der Waals surface area contributed by atoms with Crippen molar-refractivity contribution in [2.75, 3.05) is 14.1 Å². The van der Waals surface area contributed by atoms with Crippen molar-refractivity contribution >= 4 is 21.8 Å². The number of carbonyl (C=O) groups is 1. The van der Waals surface area contributed by atoms with E-state index in [4.69, 9.17) is 0 Å². The first kappa shape index (κ1) is 13.0. The summed E-state index contributed by atoms with van der Waals surface area (Å²) in [6.07, 6.45) is -4.54. The van der Waals surface area contributed by atoms with Gasteiger partial charge in [-0.25, -0.2) is 0 Å². The standard InChI is InChI=1S/C10H9BrF3NO/c1-15(2)9(16)7-4-3-6(11)5-8(7)10(12,13)14/h3-5H,1-2H3. The minimum absolute atomic E-state index is 0.287. The molecule has 0 spiro atoms. The highest BCUT2D eigenvalue weighted by Gasteiger charge is 2.35. The smallest absolute Gasteiger partial charge is 0.345 e. The lowest BCUT2D eigenvalue weighted by Crippen LogP contribution is -2.25. The molecule has 6 heteroatoms. The van der Waals surface area contributed by atoms with E-state index in [2.05, 4.69) is 15.9 Å². The Kier molecular flexibility index (Phi) is 3.62. The van der Waals surface area contributed by atoms with Gasteiger partial charge in [-0.15, -0.1) is 0 Å². The van der Waals surface area contributed by atoms with E-state index in [1.807, 2.05) is 0 Å². The van der Waals surface area contributed by atoms with Gasteiger partial charge in [-0.05, 0) is 18.2 Å². The monoisotopic (exact) mass is 295 g/mol. The molecule has 1 aromatic carbocycles. The zero-order valence-electron chi connectivity index (χ0n) is 8.60. The van der Waals surface area contributed by atoms with Crippen LogP contribution in [0.1, 0.15) is 15.9 Å². The number of nitrogens with zero attached hydrogens (tertiary/aromatic N) is 1. The molecule has 0 aliphatic rings. The number of alkyl halides is 3. The Morgan fingerprint density at radius 1 is 1.31 bits per heavy atom. The Morgan fingerprint density at radius 2 is 1.88 bits per heavy atom. The predicted octanol–water partition coefficient (Wildman–Crippen LogP) is 3.17. The van der Waals surface area contributed by atoms with Gasteiger partial charge in [0.1, 0.15) is 0 Å². The Labute approximate surface area is 99.2 Å². The second-order valence-electron chi connectivity index (χ2n) is 3.39. The first-order valence-corrected chi connectivity index (χ1v) is 5.11. The van der Waals surface area contributed by atoms with E-state index in [0.717, 1.165) is 17.0 Å². The van der Waals surface area contributed by atoms with Gasteiger partial charge in [-0.1, -0.05) is 15.9 Å². The number of benzene rings is 1. The van der Waals surface area contributed by atoms with Gasteiger partial charge in [0.25, 0.3) is 5.91 Å². The van der Waals surface area contributed by atoms with Crippen LogP contribution in [0.4, 0.5) is 13.2 Å². The molecule has 0 heterocycles. The second kappa shape index (κ2) is 4.45. The average molecular weight is 296 g/mol. The average Bonchev–Trinajstić information content (AvgIpc) is 2.15. The van der Waals surface area contributed by atoms with Gasteiger partial charge in [0, 0.05) is 18.6 Å². The van der Waals surface area contributed by atoms with Crippen molar-refractivity contribution in [3.05, 3.63) is 33.8 Å². The Bertz CT molecular complexity index is 415. The fourth-order valence-electron chi connectivity index (χ4n) is 1.18. The molecule has 0 unspecified atom stereocenters. The van der Waals surface area contributed by atoms with Gasteiger partial charge in [-0.3, -0.25) is 4.79 Å². The van der Waals surface area contributed by atoms with E-state index in [-0.39, 0.29) is 10.0 Å². The van der Waals surface area contributed by atoms with E-state index < -0.39 is 17.6 Å². The molecule has 0 aromatic heterocycles. The highest BCUT2D eigenvalue weighted by atomic mass is 79.9. The molecule has 0 atom stereocenters. The SMILES string of the molecule is CN(C)C(=O)c1ccc(Br)cc1C(F)(F)F. The van der Waals surface area contributed by atoms with Crippen LogP contribution in [0.25, 0.3) is 0 Å². The quantitative estimate of drug-likeness (QED) is 0.779. The van der Waals surface area contributed by atoms with Gasteiger partial charge >= 0.3 is 6.18 Å². The fraction of sp³-hybridized carbons (Fsp3) is 0.300. The van der Waals surface area contributed by atoms with Crippen molar-refractivity contribution < 1.29 is 18.0 Å². The van der Waals surface area contributed by atoms with Gasteiger partial charge in [-0.2, -0.15) is 13.2 Å². The predicted molar refractivity (Wildman–Crippen MR) is 57.2 cm³/mol. The summed E-state index contributed by atoms with van der Waals surface area (Å²) in [5.74, 6) is -0.667. The zero-order valence-corrected chi connectivity index (χ0v) is 10.2. The van der Waals surface area contributed by atoms with E-state index in [0.29, 0.717) is 0 Å². The summed E-state index contributed by atoms with van der Waals surface area (Å²) < 4.78 is 38.3. The first-order valence-electron chi connectivity index (χ1n) is 4.32. The molecule has 16 heavy (non-hydrogen) atoms. The Morgan fingerprint density at radius 3 is 2.31 bits per heavy atom.